The number of rotatable bonds is 3. The Morgan fingerprint density at radius 1 is 1.06 bits per heavy atom. The Bertz CT molecular complexity index is 1320. The van der Waals surface area contributed by atoms with Crippen LogP contribution in [0.25, 0.3) is 11.1 Å². The molecular formula is C30H28N2O4. The Hall–Kier alpha value is -3.66. The van der Waals surface area contributed by atoms with Crippen LogP contribution in [0.3, 0.4) is 0 Å². The van der Waals surface area contributed by atoms with Crippen LogP contribution in [0.4, 0.5) is 4.79 Å². The van der Waals surface area contributed by atoms with E-state index < -0.39 is 5.60 Å². The number of carbonyl (C=O) groups excluding carboxylic acids is 1. The number of hydrogen-bond acceptors (Lipinski definition) is 5. The zero-order valence-corrected chi connectivity index (χ0v) is 20.2. The highest BCUT2D eigenvalue weighted by molar-refractivity contribution is 5.79. The summed E-state index contributed by atoms with van der Waals surface area (Å²) in [6, 6.07) is 23.7. The fourth-order valence-electron chi connectivity index (χ4n) is 6.26. The molecule has 3 aliphatic rings. The Kier molecular flexibility index (Phi) is 5.55. The lowest BCUT2D eigenvalue weighted by Crippen LogP contribution is -2.62. The largest absolute Gasteiger partial charge is 0.448 e. The van der Waals surface area contributed by atoms with E-state index in [9.17, 15) is 15.2 Å². The summed E-state index contributed by atoms with van der Waals surface area (Å²) in [6.45, 7) is 2.86. The number of fused-ring (bicyclic) bond motifs is 5. The molecule has 2 saturated heterocycles. The van der Waals surface area contributed by atoms with Crippen molar-refractivity contribution in [1.82, 2.24) is 4.90 Å². The molecule has 2 fully saturated rings. The van der Waals surface area contributed by atoms with Crippen LogP contribution in [0, 0.1) is 18.3 Å². The first-order chi connectivity index (χ1) is 17.5. The van der Waals surface area contributed by atoms with E-state index in [1.54, 1.807) is 11.0 Å². The molecule has 2 heterocycles. The molecule has 6 nitrogen and oxygen atoms in total. The number of benzene rings is 3. The molecule has 3 aromatic carbocycles. The lowest BCUT2D eigenvalue weighted by molar-refractivity contribution is -0.136. The number of hydrogen-bond donors (Lipinski definition) is 1. The van der Waals surface area contributed by atoms with Crippen molar-refractivity contribution < 1.29 is 19.4 Å². The molecule has 3 aromatic rings. The van der Waals surface area contributed by atoms with Gasteiger partial charge in [-0.15, -0.1) is 0 Å². The molecule has 2 aliphatic heterocycles. The number of morpholine rings is 1. The molecule has 2 atom stereocenters. The van der Waals surface area contributed by atoms with Crippen molar-refractivity contribution >= 4 is 6.09 Å². The van der Waals surface area contributed by atoms with Gasteiger partial charge in [-0.1, -0.05) is 60.7 Å². The van der Waals surface area contributed by atoms with Crippen molar-refractivity contribution in [2.75, 3.05) is 19.8 Å². The molecule has 36 heavy (non-hydrogen) atoms. The van der Waals surface area contributed by atoms with Gasteiger partial charge in [-0.2, -0.15) is 5.26 Å². The number of aliphatic hydroxyl groups is 1. The van der Waals surface area contributed by atoms with Gasteiger partial charge in [0.25, 0.3) is 0 Å². The van der Waals surface area contributed by atoms with Crippen molar-refractivity contribution in [2.24, 2.45) is 0 Å². The standard InChI is InChI=1S/C30H28N2O4/c1-19-12-21(11-10-20(19)15-31)30(34)13-22-16-35-17-23(14-30)32(22)29(33)36-18-28-26-8-4-2-6-24(26)25-7-3-5-9-27(25)28/h2-12,22-23,28,34H,13-14,16-18H2,1H3. The molecule has 182 valence electrons. The second-order valence-corrected chi connectivity index (χ2v) is 10.1. The molecule has 0 radical (unpaired) electrons. The number of nitrogens with zero attached hydrogens (tertiary/aromatic N) is 2. The van der Waals surface area contributed by atoms with E-state index in [0.717, 1.165) is 11.1 Å². The van der Waals surface area contributed by atoms with Crippen molar-refractivity contribution in [3.63, 3.8) is 0 Å². The molecular weight excluding hydrogens is 452 g/mol. The summed E-state index contributed by atoms with van der Waals surface area (Å²) in [7, 11) is 0. The minimum Gasteiger partial charge on any atom is -0.448 e. The summed E-state index contributed by atoms with van der Waals surface area (Å²) in [5, 5.41) is 20.9. The average Bonchev–Trinajstić information content (AvgIpc) is 3.20. The highest BCUT2D eigenvalue weighted by Crippen LogP contribution is 2.45. The van der Waals surface area contributed by atoms with Gasteiger partial charge < -0.3 is 14.6 Å². The number of amides is 1. The van der Waals surface area contributed by atoms with Gasteiger partial charge in [0.05, 0.1) is 42.5 Å². The van der Waals surface area contributed by atoms with Crippen molar-refractivity contribution in [3.8, 4) is 17.2 Å². The first-order valence-corrected chi connectivity index (χ1v) is 12.4. The van der Waals surface area contributed by atoms with Crippen LogP contribution in [-0.4, -0.2) is 48.0 Å². The van der Waals surface area contributed by atoms with E-state index in [2.05, 4.69) is 30.3 Å². The summed E-state index contributed by atoms with van der Waals surface area (Å²) in [4.78, 5) is 15.2. The number of ether oxygens (including phenoxy) is 2. The van der Waals surface area contributed by atoms with Gasteiger partial charge in [-0.25, -0.2) is 4.79 Å². The first kappa shape index (κ1) is 22.8. The molecule has 0 aromatic heterocycles. The average molecular weight is 481 g/mol. The van der Waals surface area contributed by atoms with E-state index in [-0.39, 0.29) is 30.7 Å². The minimum atomic E-state index is -1.09. The molecule has 0 spiro atoms. The third-order valence-corrected chi connectivity index (χ3v) is 7.98. The Labute approximate surface area is 210 Å². The van der Waals surface area contributed by atoms with Crippen LogP contribution in [-0.2, 0) is 15.1 Å². The number of aryl methyl sites for hydroxylation is 1. The normalized spacial score (nSPS) is 24.5. The van der Waals surface area contributed by atoms with Crippen molar-refractivity contribution in [1.29, 1.82) is 5.26 Å². The lowest BCUT2D eigenvalue weighted by Gasteiger charge is -2.51. The van der Waals surface area contributed by atoms with Crippen molar-refractivity contribution in [3.05, 3.63) is 94.5 Å². The predicted octanol–water partition coefficient (Wildman–Crippen LogP) is 4.87. The first-order valence-electron chi connectivity index (χ1n) is 12.4. The maximum absolute atomic E-state index is 13.4. The maximum atomic E-state index is 13.4. The minimum absolute atomic E-state index is 0.000729. The van der Waals surface area contributed by atoms with E-state index in [4.69, 9.17) is 9.47 Å². The van der Waals surface area contributed by atoms with Gasteiger partial charge >= 0.3 is 6.09 Å². The van der Waals surface area contributed by atoms with E-state index in [0.29, 0.717) is 31.6 Å². The molecule has 1 aliphatic carbocycles. The van der Waals surface area contributed by atoms with Crippen molar-refractivity contribution in [2.45, 2.75) is 43.4 Å². The summed E-state index contributed by atoms with van der Waals surface area (Å²) >= 11 is 0. The second-order valence-electron chi connectivity index (χ2n) is 10.1. The van der Waals surface area contributed by atoms with Gasteiger partial charge in [0.15, 0.2) is 0 Å². The fourth-order valence-corrected chi connectivity index (χ4v) is 6.26. The topological polar surface area (TPSA) is 82.8 Å². The Morgan fingerprint density at radius 3 is 2.25 bits per heavy atom. The van der Waals surface area contributed by atoms with Gasteiger partial charge in [-0.05, 0) is 46.4 Å². The summed E-state index contributed by atoms with van der Waals surface area (Å²) < 4.78 is 11.7. The molecule has 6 rings (SSSR count). The monoisotopic (exact) mass is 480 g/mol. The molecule has 6 heteroatoms. The predicted molar refractivity (Wildman–Crippen MR) is 134 cm³/mol. The quantitative estimate of drug-likeness (QED) is 0.579. The van der Waals surface area contributed by atoms with Crippen LogP contribution >= 0.6 is 0 Å². The summed E-state index contributed by atoms with van der Waals surface area (Å²) in [6.07, 6.45) is 0.367. The van der Waals surface area contributed by atoms with E-state index in [1.165, 1.54) is 22.3 Å². The van der Waals surface area contributed by atoms with Gasteiger partial charge in [-0.3, -0.25) is 4.90 Å². The van der Waals surface area contributed by atoms with Crippen LogP contribution in [0.2, 0.25) is 0 Å². The van der Waals surface area contributed by atoms with Gasteiger partial charge in [0.2, 0.25) is 0 Å². The third kappa shape index (κ3) is 3.67. The SMILES string of the molecule is Cc1cc(C2(O)CC3COCC(C2)N3C(=O)OCC2c3ccccc3-c3ccccc32)ccc1C#N. The molecule has 1 amide bonds. The van der Waals surface area contributed by atoms with Crippen LogP contribution in [0.1, 0.15) is 46.6 Å². The molecule has 2 bridgehead atoms. The number of nitriles is 1. The third-order valence-electron chi connectivity index (χ3n) is 7.98. The maximum Gasteiger partial charge on any atom is 0.410 e. The highest BCUT2D eigenvalue weighted by atomic mass is 16.6. The summed E-state index contributed by atoms with van der Waals surface area (Å²) in [5.41, 5.74) is 5.88. The number of carbonyl (C=O) groups is 1. The molecule has 0 saturated carbocycles. The van der Waals surface area contributed by atoms with Crippen LogP contribution in [0.5, 0.6) is 0 Å². The Balaban J connectivity index is 1.20. The van der Waals surface area contributed by atoms with E-state index >= 15 is 0 Å². The second kappa shape index (κ2) is 8.77. The Morgan fingerprint density at radius 2 is 1.67 bits per heavy atom. The van der Waals surface area contributed by atoms with Crippen LogP contribution in [0.15, 0.2) is 66.7 Å². The zero-order valence-electron chi connectivity index (χ0n) is 20.2. The number of piperidine rings is 1. The molecule has 2 unspecified atom stereocenters. The lowest BCUT2D eigenvalue weighted by atomic mass is 9.76. The highest BCUT2D eigenvalue weighted by Gasteiger charge is 2.49. The summed E-state index contributed by atoms with van der Waals surface area (Å²) in [5.74, 6) is 0.000729. The zero-order chi connectivity index (χ0) is 24.9. The van der Waals surface area contributed by atoms with E-state index in [1.807, 2.05) is 43.3 Å². The fraction of sp³-hybridized carbons (Fsp3) is 0.333. The van der Waals surface area contributed by atoms with Crippen LogP contribution < -0.4 is 0 Å². The van der Waals surface area contributed by atoms with Gasteiger partial charge in [0, 0.05) is 18.8 Å². The molecule has 1 N–H and O–H groups in total. The van der Waals surface area contributed by atoms with Gasteiger partial charge in [0.1, 0.15) is 6.61 Å². The smallest absolute Gasteiger partial charge is 0.410 e.